The van der Waals surface area contributed by atoms with E-state index in [0.29, 0.717) is 0 Å². The molecule has 2 heteroatoms. The van der Waals surface area contributed by atoms with Gasteiger partial charge in [0, 0.05) is 29.7 Å². The minimum atomic E-state index is 0.0948. The van der Waals surface area contributed by atoms with Gasteiger partial charge in [0.1, 0.15) is 0 Å². The number of benzene rings is 1. The highest BCUT2D eigenvalue weighted by atomic mass is 14.9. The van der Waals surface area contributed by atoms with Gasteiger partial charge in [-0.25, -0.2) is 0 Å². The van der Waals surface area contributed by atoms with Gasteiger partial charge in [-0.15, -0.1) is 0 Å². The summed E-state index contributed by atoms with van der Waals surface area (Å²) in [7, 11) is 2.09. The summed E-state index contributed by atoms with van der Waals surface area (Å²) in [5, 5.41) is 1.31. The average molecular weight is 214 g/mol. The monoisotopic (exact) mass is 214 g/mol. The van der Waals surface area contributed by atoms with E-state index in [2.05, 4.69) is 48.9 Å². The van der Waals surface area contributed by atoms with E-state index in [0.717, 1.165) is 0 Å². The lowest BCUT2D eigenvalue weighted by atomic mass is 10.1. The van der Waals surface area contributed by atoms with Gasteiger partial charge in [0.2, 0.25) is 0 Å². The lowest BCUT2D eigenvalue weighted by Gasteiger charge is -2.01. The fourth-order valence-corrected chi connectivity index (χ4v) is 2.08. The highest BCUT2D eigenvalue weighted by molar-refractivity contribution is 5.87. The van der Waals surface area contributed by atoms with Crippen LogP contribution in [0.5, 0.6) is 0 Å². The molecule has 1 aromatic carbocycles. The van der Waals surface area contributed by atoms with Crippen LogP contribution in [0.25, 0.3) is 17.0 Å². The van der Waals surface area contributed by atoms with Crippen LogP contribution in [0.3, 0.4) is 0 Å². The number of nitrogens with zero attached hydrogens (tertiary/aromatic N) is 1. The summed E-state index contributed by atoms with van der Waals surface area (Å²) in [5.74, 6) is 0. The highest BCUT2D eigenvalue weighted by Gasteiger charge is 2.08. The van der Waals surface area contributed by atoms with Gasteiger partial charge in [-0.2, -0.15) is 0 Å². The van der Waals surface area contributed by atoms with Crippen molar-refractivity contribution in [1.82, 2.24) is 4.57 Å². The van der Waals surface area contributed by atoms with Crippen LogP contribution in [-0.2, 0) is 7.05 Å². The van der Waals surface area contributed by atoms with E-state index in [-0.39, 0.29) is 6.04 Å². The maximum Gasteiger partial charge on any atom is 0.0485 e. The Bertz CT molecular complexity index is 494. The van der Waals surface area contributed by atoms with Crippen molar-refractivity contribution in [1.29, 1.82) is 0 Å². The Balaban J connectivity index is 2.62. The van der Waals surface area contributed by atoms with Gasteiger partial charge in [-0.05, 0) is 31.6 Å². The predicted octanol–water partition coefficient (Wildman–Crippen LogP) is 2.85. The number of aromatic nitrogens is 1. The second kappa shape index (κ2) is 4.14. The van der Waals surface area contributed by atoms with Gasteiger partial charge in [0.05, 0.1) is 0 Å². The quantitative estimate of drug-likeness (QED) is 0.818. The first-order valence-electron chi connectivity index (χ1n) is 5.59. The SMILES string of the molecule is Cc1c(/C=C/C(C)N)n(C)c2ccccc12. The minimum absolute atomic E-state index is 0.0948. The Kier molecular flexibility index (Phi) is 2.84. The summed E-state index contributed by atoms with van der Waals surface area (Å²) in [5.41, 5.74) is 9.56. The molecule has 0 fully saturated rings. The van der Waals surface area contributed by atoms with Gasteiger partial charge in [0.25, 0.3) is 0 Å². The third-order valence-electron chi connectivity index (χ3n) is 2.97. The molecule has 0 aliphatic heterocycles. The lowest BCUT2D eigenvalue weighted by molar-refractivity contribution is 0.920. The zero-order valence-electron chi connectivity index (χ0n) is 10.1. The van der Waals surface area contributed by atoms with E-state index in [1.54, 1.807) is 0 Å². The molecule has 0 bridgehead atoms. The first-order chi connectivity index (χ1) is 7.61. The maximum absolute atomic E-state index is 5.74. The van der Waals surface area contributed by atoms with Crippen LogP contribution in [-0.4, -0.2) is 10.6 Å². The molecular formula is C14H18N2. The van der Waals surface area contributed by atoms with Crippen molar-refractivity contribution < 1.29 is 0 Å². The van der Waals surface area contributed by atoms with E-state index in [9.17, 15) is 0 Å². The zero-order valence-corrected chi connectivity index (χ0v) is 10.1. The molecule has 0 aliphatic carbocycles. The van der Waals surface area contributed by atoms with Crippen molar-refractivity contribution in [3.05, 3.63) is 41.6 Å². The molecule has 1 heterocycles. The van der Waals surface area contributed by atoms with Crippen molar-refractivity contribution >= 4 is 17.0 Å². The first-order valence-corrected chi connectivity index (χ1v) is 5.59. The van der Waals surface area contributed by atoms with Crippen LogP contribution in [0.2, 0.25) is 0 Å². The molecule has 1 atom stereocenters. The molecule has 2 nitrogen and oxygen atoms in total. The first kappa shape index (κ1) is 11.0. The number of nitrogens with two attached hydrogens (primary N) is 1. The van der Waals surface area contributed by atoms with Crippen LogP contribution < -0.4 is 5.73 Å². The largest absolute Gasteiger partial charge is 0.344 e. The number of para-hydroxylation sites is 1. The molecule has 1 aromatic heterocycles. The van der Waals surface area contributed by atoms with Crippen molar-refractivity contribution in [3.8, 4) is 0 Å². The summed E-state index contributed by atoms with van der Waals surface area (Å²) in [6, 6.07) is 8.55. The molecular weight excluding hydrogens is 196 g/mol. The third kappa shape index (κ3) is 1.76. The number of hydrogen-bond donors (Lipinski definition) is 1. The van der Waals surface area contributed by atoms with Gasteiger partial charge >= 0.3 is 0 Å². The molecule has 0 amide bonds. The number of fused-ring (bicyclic) bond motifs is 1. The van der Waals surface area contributed by atoms with E-state index in [1.807, 2.05) is 13.0 Å². The third-order valence-corrected chi connectivity index (χ3v) is 2.97. The van der Waals surface area contributed by atoms with Gasteiger partial charge in [-0.1, -0.05) is 24.3 Å². The Morgan fingerprint density at radius 2 is 2.00 bits per heavy atom. The maximum atomic E-state index is 5.74. The molecule has 2 rings (SSSR count). The Morgan fingerprint density at radius 3 is 2.62 bits per heavy atom. The second-order valence-electron chi connectivity index (χ2n) is 4.30. The number of aryl methyl sites for hydroxylation is 2. The highest BCUT2D eigenvalue weighted by Crippen LogP contribution is 2.25. The normalized spacial score (nSPS) is 13.8. The Morgan fingerprint density at radius 1 is 1.31 bits per heavy atom. The van der Waals surface area contributed by atoms with Crippen LogP contribution in [0.1, 0.15) is 18.2 Å². The number of hydrogen-bond acceptors (Lipinski definition) is 1. The van der Waals surface area contributed by atoms with Crippen molar-refractivity contribution in [2.24, 2.45) is 12.8 Å². The molecule has 1 unspecified atom stereocenters. The molecule has 16 heavy (non-hydrogen) atoms. The Labute approximate surface area is 96.4 Å². The summed E-state index contributed by atoms with van der Waals surface area (Å²) < 4.78 is 2.21. The van der Waals surface area contributed by atoms with E-state index < -0.39 is 0 Å². The molecule has 2 aromatic rings. The minimum Gasteiger partial charge on any atom is -0.344 e. The molecule has 0 radical (unpaired) electrons. The molecule has 2 N–H and O–H groups in total. The van der Waals surface area contributed by atoms with E-state index in [4.69, 9.17) is 5.73 Å². The molecule has 0 aliphatic rings. The average Bonchev–Trinajstić information content (AvgIpc) is 2.50. The van der Waals surface area contributed by atoms with Crippen LogP contribution in [0.4, 0.5) is 0 Å². The second-order valence-corrected chi connectivity index (χ2v) is 4.30. The van der Waals surface area contributed by atoms with Crippen LogP contribution in [0, 0.1) is 6.92 Å². The van der Waals surface area contributed by atoms with Crippen molar-refractivity contribution in [3.63, 3.8) is 0 Å². The fourth-order valence-electron chi connectivity index (χ4n) is 2.08. The van der Waals surface area contributed by atoms with Gasteiger partial charge < -0.3 is 10.3 Å². The summed E-state index contributed by atoms with van der Waals surface area (Å²) >= 11 is 0. The van der Waals surface area contributed by atoms with Crippen LogP contribution in [0.15, 0.2) is 30.3 Å². The topological polar surface area (TPSA) is 30.9 Å². The standard InChI is InChI=1S/C14H18N2/c1-10(15)8-9-13-11(2)12-6-4-5-7-14(12)16(13)3/h4-10H,15H2,1-3H3/b9-8+. The summed E-state index contributed by atoms with van der Waals surface area (Å²) in [6.45, 7) is 4.14. The molecule has 0 spiro atoms. The van der Waals surface area contributed by atoms with Gasteiger partial charge in [0.15, 0.2) is 0 Å². The Hall–Kier alpha value is -1.54. The predicted molar refractivity (Wildman–Crippen MR) is 70.3 cm³/mol. The molecule has 0 saturated heterocycles. The van der Waals surface area contributed by atoms with Crippen molar-refractivity contribution in [2.45, 2.75) is 19.9 Å². The molecule has 0 saturated carbocycles. The molecule has 84 valence electrons. The number of rotatable bonds is 2. The van der Waals surface area contributed by atoms with Gasteiger partial charge in [-0.3, -0.25) is 0 Å². The van der Waals surface area contributed by atoms with Crippen molar-refractivity contribution in [2.75, 3.05) is 0 Å². The fraction of sp³-hybridized carbons (Fsp3) is 0.286. The lowest BCUT2D eigenvalue weighted by Crippen LogP contribution is -2.10. The smallest absolute Gasteiger partial charge is 0.0485 e. The van der Waals surface area contributed by atoms with Crippen LogP contribution >= 0.6 is 0 Å². The summed E-state index contributed by atoms with van der Waals surface area (Å²) in [4.78, 5) is 0. The summed E-state index contributed by atoms with van der Waals surface area (Å²) in [6.07, 6.45) is 4.14. The van der Waals surface area contributed by atoms with E-state index in [1.165, 1.54) is 22.2 Å². The zero-order chi connectivity index (χ0) is 11.7. The van der Waals surface area contributed by atoms with E-state index >= 15 is 0 Å².